The SMILES string of the molecule is Cc1nc2cc(F)ccc2cc1C(=O)NC(C)c1nnc2ccccn12. The Labute approximate surface area is 148 Å². The second kappa shape index (κ2) is 6.18. The van der Waals surface area contributed by atoms with Crippen LogP contribution in [0.2, 0.25) is 0 Å². The van der Waals surface area contributed by atoms with Gasteiger partial charge in [0.2, 0.25) is 0 Å². The molecule has 130 valence electrons. The minimum absolute atomic E-state index is 0.263. The van der Waals surface area contributed by atoms with E-state index in [-0.39, 0.29) is 17.8 Å². The Hall–Kier alpha value is -3.35. The number of halogens is 1. The number of hydrogen-bond donors (Lipinski definition) is 1. The van der Waals surface area contributed by atoms with Gasteiger partial charge < -0.3 is 5.32 Å². The molecule has 3 aromatic heterocycles. The maximum Gasteiger partial charge on any atom is 0.253 e. The normalized spacial score (nSPS) is 12.4. The zero-order valence-electron chi connectivity index (χ0n) is 14.3. The topological polar surface area (TPSA) is 72.2 Å². The summed E-state index contributed by atoms with van der Waals surface area (Å²) in [5, 5.41) is 11.9. The zero-order valence-corrected chi connectivity index (χ0v) is 14.3. The lowest BCUT2D eigenvalue weighted by Gasteiger charge is -2.14. The van der Waals surface area contributed by atoms with Gasteiger partial charge in [0, 0.05) is 17.6 Å². The van der Waals surface area contributed by atoms with Crippen LogP contribution in [0, 0.1) is 12.7 Å². The first kappa shape index (κ1) is 16.1. The van der Waals surface area contributed by atoms with Crippen molar-refractivity contribution >= 4 is 22.5 Å². The van der Waals surface area contributed by atoms with Crippen molar-refractivity contribution in [2.24, 2.45) is 0 Å². The van der Waals surface area contributed by atoms with E-state index in [0.29, 0.717) is 33.6 Å². The molecule has 4 rings (SSSR count). The fraction of sp³-hybridized carbons (Fsp3) is 0.158. The van der Waals surface area contributed by atoms with E-state index in [1.807, 2.05) is 35.7 Å². The van der Waals surface area contributed by atoms with Crippen molar-refractivity contribution in [3.05, 3.63) is 71.6 Å². The Morgan fingerprint density at radius 1 is 1.19 bits per heavy atom. The number of amides is 1. The van der Waals surface area contributed by atoms with Crippen molar-refractivity contribution in [1.82, 2.24) is 24.9 Å². The maximum atomic E-state index is 13.3. The number of nitrogens with zero attached hydrogens (tertiary/aromatic N) is 4. The Morgan fingerprint density at radius 2 is 2.04 bits per heavy atom. The summed E-state index contributed by atoms with van der Waals surface area (Å²) in [6, 6.07) is 11.3. The van der Waals surface area contributed by atoms with Crippen molar-refractivity contribution in [3.8, 4) is 0 Å². The highest BCUT2D eigenvalue weighted by Gasteiger charge is 2.18. The molecule has 1 atom stereocenters. The predicted octanol–water partition coefficient (Wildman–Crippen LogP) is 3.22. The van der Waals surface area contributed by atoms with Crippen molar-refractivity contribution in [1.29, 1.82) is 0 Å². The fourth-order valence-electron chi connectivity index (χ4n) is 2.96. The van der Waals surface area contributed by atoms with E-state index in [0.717, 1.165) is 0 Å². The van der Waals surface area contributed by atoms with Crippen LogP contribution in [0.3, 0.4) is 0 Å². The molecule has 6 nitrogen and oxygen atoms in total. The molecule has 1 amide bonds. The summed E-state index contributed by atoms with van der Waals surface area (Å²) in [7, 11) is 0. The second-order valence-electron chi connectivity index (χ2n) is 6.14. The highest BCUT2D eigenvalue weighted by molar-refractivity contribution is 5.98. The predicted molar refractivity (Wildman–Crippen MR) is 95.3 cm³/mol. The molecular formula is C19H16FN5O. The van der Waals surface area contributed by atoms with Crippen LogP contribution in [0.5, 0.6) is 0 Å². The van der Waals surface area contributed by atoms with Gasteiger partial charge in [0.25, 0.3) is 5.91 Å². The van der Waals surface area contributed by atoms with Crippen molar-refractivity contribution in [2.75, 3.05) is 0 Å². The van der Waals surface area contributed by atoms with Crippen LogP contribution in [0.25, 0.3) is 16.6 Å². The van der Waals surface area contributed by atoms with Gasteiger partial charge in [0.05, 0.1) is 22.8 Å². The largest absolute Gasteiger partial charge is 0.342 e. The molecule has 0 aliphatic carbocycles. The molecule has 0 fully saturated rings. The van der Waals surface area contributed by atoms with Crippen LogP contribution >= 0.6 is 0 Å². The molecule has 0 aliphatic rings. The highest BCUT2D eigenvalue weighted by Crippen LogP contribution is 2.19. The van der Waals surface area contributed by atoms with Crippen LogP contribution in [0.4, 0.5) is 4.39 Å². The van der Waals surface area contributed by atoms with E-state index < -0.39 is 0 Å². The van der Waals surface area contributed by atoms with E-state index in [9.17, 15) is 9.18 Å². The summed E-state index contributed by atoms with van der Waals surface area (Å²) in [6.45, 7) is 3.58. The second-order valence-corrected chi connectivity index (χ2v) is 6.14. The number of nitrogens with one attached hydrogen (secondary N) is 1. The fourth-order valence-corrected chi connectivity index (χ4v) is 2.96. The quantitative estimate of drug-likeness (QED) is 0.616. The average molecular weight is 349 g/mol. The number of aryl methyl sites for hydroxylation is 1. The van der Waals surface area contributed by atoms with Crippen LogP contribution in [0.15, 0.2) is 48.7 Å². The average Bonchev–Trinajstić information content (AvgIpc) is 3.05. The monoisotopic (exact) mass is 349 g/mol. The number of carbonyl (C=O) groups excluding carboxylic acids is 1. The molecule has 7 heteroatoms. The van der Waals surface area contributed by atoms with Crippen molar-refractivity contribution in [2.45, 2.75) is 19.9 Å². The molecule has 1 N–H and O–H groups in total. The number of fused-ring (bicyclic) bond motifs is 2. The maximum absolute atomic E-state index is 13.3. The molecule has 0 aliphatic heterocycles. The molecule has 0 bridgehead atoms. The Balaban J connectivity index is 1.64. The van der Waals surface area contributed by atoms with Gasteiger partial charge in [-0.05, 0) is 44.2 Å². The van der Waals surface area contributed by atoms with E-state index in [1.54, 1.807) is 19.1 Å². The van der Waals surface area contributed by atoms with E-state index in [2.05, 4.69) is 20.5 Å². The molecule has 0 radical (unpaired) electrons. The van der Waals surface area contributed by atoms with Gasteiger partial charge in [-0.25, -0.2) is 4.39 Å². The highest BCUT2D eigenvalue weighted by atomic mass is 19.1. The first-order valence-electron chi connectivity index (χ1n) is 8.20. The third kappa shape index (κ3) is 2.77. The van der Waals surface area contributed by atoms with E-state index in [1.165, 1.54) is 12.1 Å². The summed E-state index contributed by atoms with van der Waals surface area (Å²) < 4.78 is 15.2. The van der Waals surface area contributed by atoms with Gasteiger partial charge in [-0.15, -0.1) is 10.2 Å². The number of benzene rings is 1. The number of carbonyl (C=O) groups is 1. The van der Waals surface area contributed by atoms with Gasteiger partial charge >= 0.3 is 0 Å². The number of rotatable bonds is 3. The minimum Gasteiger partial charge on any atom is -0.342 e. The van der Waals surface area contributed by atoms with E-state index in [4.69, 9.17) is 0 Å². The van der Waals surface area contributed by atoms with Crippen LogP contribution in [-0.2, 0) is 0 Å². The van der Waals surface area contributed by atoms with Gasteiger partial charge in [0.15, 0.2) is 11.5 Å². The third-order valence-electron chi connectivity index (χ3n) is 4.29. The Morgan fingerprint density at radius 3 is 2.88 bits per heavy atom. The lowest BCUT2D eigenvalue weighted by molar-refractivity contribution is 0.0937. The number of pyridine rings is 2. The number of hydrogen-bond acceptors (Lipinski definition) is 4. The molecule has 4 aromatic rings. The van der Waals surface area contributed by atoms with Crippen LogP contribution < -0.4 is 5.32 Å². The summed E-state index contributed by atoms with van der Waals surface area (Å²) in [6.07, 6.45) is 1.85. The Bertz CT molecular complexity index is 1140. The van der Waals surface area contributed by atoms with E-state index >= 15 is 0 Å². The minimum atomic E-state index is -0.353. The van der Waals surface area contributed by atoms with Crippen LogP contribution in [0.1, 0.15) is 34.8 Å². The third-order valence-corrected chi connectivity index (χ3v) is 4.29. The summed E-state index contributed by atoms with van der Waals surface area (Å²) in [5.41, 5.74) is 2.23. The smallest absolute Gasteiger partial charge is 0.253 e. The lowest BCUT2D eigenvalue weighted by atomic mass is 10.1. The summed E-state index contributed by atoms with van der Waals surface area (Å²) >= 11 is 0. The molecule has 0 saturated carbocycles. The van der Waals surface area contributed by atoms with Gasteiger partial charge in [-0.2, -0.15) is 0 Å². The number of aromatic nitrogens is 4. The molecule has 1 unspecified atom stereocenters. The molecular weight excluding hydrogens is 333 g/mol. The molecule has 1 aromatic carbocycles. The first-order chi connectivity index (χ1) is 12.5. The van der Waals surface area contributed by atoms with Gasteiger partial charge in [-0.3, -0.25) is 14.2 Å². The lowest BCUT2D eigenvalue weighted by Crippen LogP contribution is -2.28. The van der Waals surface area contributed by atoms with Crippen molar-refractivity contribution < 1.29 is 9.18 Å². The molecule has 0 saturated heterocycles. The zero-order chi connectivity index (χ0) is 18.3. The summed E-state index contributed by atoms with van der Waals surface area (Å²) in [5.74, 6) is 0.0257. The molecule has 3 heterocycles. The van der Waals surface area contributed by atoms with Gasteiger partial charge in [0.1, 0.15) is 5.82 Å². The standard InChI is InChI=1S/C19H16FN5O/c1-11-15(9-13-6-7-14(20)10-16(13)21-11)19(26)22-12(2)18-24-23-17-5-3-4-8-25(17)18/h3-10,12H,1-2H3,(H,22,26). The van der Waals surface area contributed by atoms with Crippen molar-refractivity contribution in [3.63, 3.8) is 0 Å². The molecule has 26 heavy (non-hydrogen) atoms. The van der Waals surface area contributed by atoms with Crippen LogP contribution in [-0.4, -0.2) is 25.5 Å². The summed E-state index contributed by atoms with van der Waals surface area (Å²) in [4.78, 5) is 17.1. The first-order valence-corrected chi connectivity index (χ1v) is 8.20. The molecule has 0 spiro atoms. The van der Waals surface area contributed by atoms with Gasteiger partial charge in [-0.1, -0.05) is 6.07 Å². The Kier molecular flexibility index (Phi) is 3.84.